The Morgan fingerprint density at radius 3 is 0.987 bits per heavy atom. The second-order valence-corrected chi connectivity index (χ2v) is 23.9. The first-order valence-corrected chi connectivity index (χ1v) is 34.9. The van der Waals surface area contributed by atoms with E-state index in [1.54, 1.807) is 0 Å². The SMILES string of the molecule is CCCCCC/C=C\C/C=C\CCCCCCCC(=O)OCCCCCCCCCCC/C=C\C/C=C\CCCCCCCCCC(=O)NC(CO)C(O)CCCCCCCCCCCCCCCCCCCCCCCC. The summed E-state index contributed by atoms with van der Waals surface area (Å²) in [4.78, 5) is 24.6. The number of aliphatic hydroxyl groups excluding tert-OH is 2. The molecule has 0 saturated carbocycles. The molecule has 2 unspecified atom stereocenters. The molecule has 458 valence electrons. The highest BCUT2D eigenvalue weighted by Crippen LogP contribution is 2.18. The van der Waals surface area contributed by atoms with Crippen molar-refractivity contribution >= 4 is 11.9 Å². The summed E-state index contributed by atoms with van der Waals surface area (Å²) >= 11 is 0. The first-order chi connectivity index (χ1) is 38.5. The molecule has 0 aromatic heterocycles. The van der Waals surface area contributed by atoms with Crippen LogP contribution in [0.5, 0.6) is 0 Å². The summed E-state index contributed by atoms with van der Waals surface area (Å²) in [6, 6.07) is -0.552. The number of esters is 1. The Balaban J connectivity index is 3.45. The molecule has 0 fully saturated rings. The standard InChI is InChI=1S/C72H135NO5/c1-3-5-7-9-11-13-15-17-19-21-22-23-27-30-33-36-40-44-48-52-56-60-64-70(75)69(68-74)73-71(76)65-61-57-53-49-45-41-37-34-31-28-25-24-26-29-32-35-39-43-47-51-55-59-63-67-78-72(77)66-62-58-54-50-46-42-38-20-18-16-14-12-10-8-6-4-2/h14,16,20,24,26,28,31,38,69-70,74-75H,3-13,15,17-19,21-23,25,27,29-30,32-37,39-68H2,1-2H3,(H,73,76)/b16-14-,26-24-,31-28-,38-20-. The number of carbonyl (C=O) groups is 2. The minimum Gasteiger partial charge on any atom is -0.466 e. The number of amides is 1. The summed E-state index contributed by atoms with van der Waals surface area (Å²) in [5.41, 5.74) is 0. The van der Waals surface area contributed by atoms with Crippen molar-refractivity contribution in [2.45, 2.75) is 386 Å². The molecule has 0 aromatic rings. The van der Waals surface area contributed by atoms with Crippen LogP contribution in [0.25, 0.3) is 0 Å². The van der Waals surface area contributed by atoms with Crippen molar-refractivity contribution in [2.75, 3.05) is 13.2 Å². The fourth-order valence-electron chi connectivity index (χ4n) is 10.8. The Labute approximate surface area is 486 Å². The Kier molecular flexibility index (Phi) is 65.4. The van der Waals surface area contributed by atoms with Crippen LogP contribution in [0, 0.1) is 0 Å². The van der Waals surface area contributed by atoms with E-state index in [1.807, 2.05) is 0 Å². The highest BCUT2D eigenvalue weighted by Gasteiger charge is 2.20. The molecular weight excluding hydrogens is 959 g/mol. The largest absolute Gasteiger partial charge is 0.466 e. The molecule has 78 heavy (non-hydrogen) atoms. The first kappa shape index (κ1) is 75.8. The van der Waals surface area contributed by atoms with Gasteiger partial charge in [-0.3, -0.25) is 9.59 Å². The Hall–Kier alpha value is -2.18. The third kappa shape index (κ3) is 63.0. The van der Waals surface area contributed by atoms with E-state index >= 15 is 0 Å². The van der Waals surface area contributed by atoms with Gasteiger partial charge in [-0.25, -0.2) is 0 Å². The average molecular weight is 1090 g/mol. The van der Waals surface area contributed by atoms with Crippen molar-refractivity contribution in [1.82, 2.24) is 5.32 Å². The predicted octanol–water partition coefficient (Wildman–Crippen LogP) is 22.5. The van der Waals surface area contributed by atoms with Gasteiger partial charge in [0, 0.05) is 12.8 Å². The van der Waals surface area contributed by atoms with Crippen molar-refractivity contribution in [3.8, 4) is 0 Å². The van der Waals surface area contributed by atoms with Gasteiger partial charge in [0.2, 0.25) is 5.91 Å². The van der Waals surface area contributed by atoms with Crippen LogP contribution in [0.4, 0.5) is 0 Å². The molecule has 0 spiro atoms. The number of hydrogen-bond donors (Lipinski definition) is 3. The molecule has 0 aliphatic carbocycles. The molecular formula is C72H135NO5. The van der Waals surface area contributed by atoms with Gasteiger partial charge in [-0.05, 0) is 89.9 Å². The average Bonchev–Trinajstić information content (AvgIpc) is 3.44. The van der Waals surface area contributed by atoms with Crippen molar-refractivity contribution < 1.29 is 24.5 Å². The number of allylic oxidation sites excluding steroid dienone is 8. The quantitative estimate of drug-likeness (QED) is 0.0320. The summed E-state index contributed by atoms with van der Waals surface area (Å²) < 4.78 is 5.48. The van der Waals surface area contributed by atoms with E-state index < -0.39 is 12.1 Å². The number of nitrogens with one attached hydrogen (secondary N) is 1. The van der Waals surface area contributed by atoms with Crippen LogP contribution in [0.15, 0.2) is 48.6 Å². The molecule has 0 aliphatic rings. The highest BCUT2D eigenvalue weighted by atomic mass is 16.5. The minimum atomic E-state index is -0.673. The fraction of sp³-hybridized carbons (Fsp3) is 0.861. The molecule has 3 N–H and O–H groups in total. The zero-order valence-electron chi connectivity index (χ0n) is 52.4. The Morgan fingerprint density at radius 2 is 0.641 bits per heavy atom. The smallest absolute Gasteiger partial charge is 0.305 e. The molecule has 0 saturated heterocycles. The lowest BCUT2D eigenvalue weighted by molar-refractivity contribution is -0.143. The minimum absolute atomic E-state index is 0.00611. The van der Waals surface area contributed by atoms with E-state index in [-0.39, 0.29) is 18.5 Å². The number of hydrogen-bond acceptors (Lipinski definition) is 5. The maximum Gasteiger partial charge on any atom is 0.305 e. The van der Waals surface area contributed by atoms with E-state index in [4.69, 9.17) is 4.74 Å². The lowest BCUT2D eigenvalue weighted by atomic mass is 10.0. The third-order valence-corrected chi connectivity index (χ3v) is 16.1. The van der Waals surface area contributed by atoms with Crippen LogP contribution in [-0.2, 0) is 14.3 Å². The van der Waals surface area contributed by atoms with Crippen molar-refractivity contribution in [2.24, 2.45) is 0 Å². The van der Waals surface area contributed by atoms with E-state index in [2.05, 4.69) is 67.8 Å². The van der Waals surface area contributed by atoms with E-state index in [9.17, 15) is 19.8 Å². The maximum atomic E-state index is 12.5. The Morgan fingerprint density at radius 1 is 0.359 bits per heavy atom. The maximum absolute atomic E-state index is 12.5. The lowest BCUT2D eigenvalue weighted by Crippen LogP contribution is -2.45. The molecule has 2 atom stereocenters. The van der Waals surface area contributed by atoms with E-state index in [1.165, 1.54) is 276 Å². The molecule has 0 aliphatic heterocycles. The third-order valence-electron chi connectivity index (χ3n) is 16.1. The molecule has 0 rings (SSSR count). The Bertz CT molecular complexity index is 1310. The van der Waals surface area contributed by atoms with Crippen LogP contribution in [0.3, 0.4) is 0 Å². The normalized spacial score (nSPS) is 12.8. The van der Waals surface area contributed by atoms with Crippen molar-refractivity contribution in [3.05, 3.63) is 48.6 Å². The summed E-state index contributed by atoms with van der Waals surface area (Å²) in [7, 11) is 0. The highest BCUT2D eigenvalue weighted by molar-refractivity contribution is 5.76. The predicted molar refractivity (Wildman–Crippen MR) is 342 cm³/mol. The second kappa shape index (κ2) is 67.3. The molecule has 6 nitrogen and oxygen atoms in total. The van der Waals surface area contributed by atoms with Crippen LogP contribution in [-0.4, -0.2) is 47.4 Å². The molecule has 0 aromatic carbocycles. The van der Waals surface area contributed by atoms with Gasteiger partial charge >= 0.3 is 5.97 Å². The van der Waals surface area contributed by atoms with Gasteiger partial charge in [-0.2, -0.15) is 0 Å². The number of unbranched alkanes of at least 4 members (excludes halogenated alkanes) is 46. The zero-order chi connectivity index (χ0) is 56.4. The monoisotopic (exact) mass is 1090 g/mol. The second-order valence-electron chi connectivity index (χ2n) is 23.9. The first-order valence-electron chi connectivity index (χ1n) is 34.9. The molecule has 0 radical (unpaired) electrons. The summed E-state index contributed by atoms with van der Waals surface area (Å²) in [5.74, 6) is -0.0485. The van der Waals surface area contributed by atoms with Crippen LogP contribution >= 0.6 is 0 Å². The molecule has 0 heterocycles. The van der Waals surface area contributed by atoms with Gasteiger partial charge in [-0.1, -0.05) is 319 Å². The van der Waals surface area contributed by atoms with Crippen LogP contribution < -0.4 is 5.32 Å². The lowest BCUT2D eigenvalue weighted by Gasteiger charge is -2.22. The summed E-state index contributed by atoms with van der Waals surface area (Å²) in [5, 5.41) is 23.4. The van der Waals surface area contributed by atoms with Gasteiger partial charge in [0.15, 0.2) is 0 Å². The van der Waals surface area contributed by atoms with Gasteiger partial charge in [0.05, 0.1) is 25.4 Å². The summed E-state index contributed by atoms with van der Waals surface area (Å²) in [6.07, 6.45) is 87.1. The van der Waals surface area contributed by atoms with E-state index in [0.29, 0.717) is 25.9 Å². The van der Waals surface area contributed by atoms with Crippen molar-refractivity contribution in [1.29, 1.82) is 0 Å². The zero-order valence-corrected chi connectivity index (χ0v) is 52.4. The molecule has 0 bridgehead atoms. The number of aliphatic hydroxyl groups is 2. The topological polar surface area (TPSA) is 95.9 Å². The van der Waals surface area contributed by atoms with Gasteiger partial charge < -0.3 is 20.3 Å². The fourth-order valence-corrected chi connectivity index (χ4v) is 10.8. The number of rotatable bonds is 65. The molecule has 6 heteroatoms. The van der Waals surface area contributed by atoms with Crippen LogP contribution in [0.2, 0.25) is 0 Å². The number of carbonyl (C=O) groups excluding carboxylic acids is 2. The van der Waals surface area contributed by atoms with E-state index in [0.717, 1.165) is 64.2 Å². The van der Waals surface area contributed by atoms with Gasteiger partial charge in [0.1, 0.15) is 0 Å². The summed E-state index contributed by atoms with van der Waals surface area (Å²) in [6.45, 7) is 4.95. The number of ether oxygens (including phenoxy) is 1. The van der Waals surface area contributed by atoms with Gasteiger partial charge in [0.25, 0.3) is 0 Å². The molecule has 1 amide bonds. The van der Waals surface area contributed by atoms with Gasteiger partial charge in [-0.15, -0.1) is 0 Å². The van der Waals surface area contributed by atoms with Crippen molar-refractivity contribution in [3.63, 3.8) is 0 Å². The van der Waals surface area contributed by atoms with Crippen LogP contribution in [0.1, 0.15) is 373 Å².